The summed E-state index contributed by atoms with van der Waals surface area (Å²) >= 11 is 3.50. The van der Waals surface area contributed by atoms with E-state index < -0.39 is 0 Å². The molecule has 21 heavy (non-hydrogen) atoms. The summed E-state index contributed by atoms with van der Waals surface area (Å²) in [5.74, 6) is 0. The molecule has 0 spiro atoms. The van der Waals surface area contributed by atoms with Crippen molar-refractivity contribution < 1.29 is 0 Å². The molecule has 1 saturated heterocycles. The van der Waals surface area contributed by atoms with E-state index in [1.807, 2.05) is 13.1 Å². The Labute approximate surface area is 133 Å². The number of piperidine rings is 1. The Bertz CT molecular complexity index is 549. The normalized spacial score (nSPS) is 22.3. The van der Waals surface area contributed by atoms with Crippen molar-refractivity contribution in [2.45, 2.75) is 57.7 Å². The van der Waals surface area contributed by atoms with Crippen LogP contribution in [0.1, 0.15) is 39.0 Å². The molecule has 1 aliphatic heterocycles. The number of rotatable bonds is 5. The average Bonchev–Trinajstić information content (AvgIpc) is 3.34. The summed E-state index contributed by atoms with van der Waals surface area (Å²) in [6, 6.07) is 1.10. The van der Waals surface area contributed by atoms with Crippen LogP contribution in [0.2, 0.25) is 0 Å². The lowest BCUT2D eigenvalue weighted by atomic mass is 10.0. The van der Waals surface area contributed by atoms with Crippen LogP contribution in [0.3, 0.4) is 0 Å². The predicted octanol–water partition coefficient (Wildman–Crippen LogP) is 2.14. The average molecular weight is 355 g/mol. The van der Waals surface area contributed by atoms with Crippen molar-refractivity contribution in [3.8, 4) is 0 Å². The molecule has 0 radical (unpaired) electrons. The molecule has 2 fully saturated rings. The van der Waals surface area contributed by atoms with Crippen LogP contribution in [0.5, 0.6) is 0 Å². The number of nitrogens with zero attached hydrogens (tertiary/aromatic N) is 3. The Kier molecular flexibility index (Phi) is 4.64. The van der Waals surface area contributed by atoms with E-state index in [2.05, 4.69) is 31.2 Å². The van der Waals surface area contributed by atoms with Crippen LogP contribution in [0, 0.1) is 0 Å². The highest BCUT2D eigenvalue weighted by atomic mass is 79.9. The summed E-state index contributed by atoms with van der Waals surface area (Å²) in [4.78, 5) is 14.6. The van der Waals surface area contributed by atoms with Crippen LogP contribution < -0.4 is 15.8 Å². The van der Waals surface area contributed by atoms with Gasteiger partial charge in [-0.15, -0.1) is 0 Å². The molecule has 1 unspecified atom stereocenters. The van der Waals surface area contributed by atoms with E-state index in [0.717, 1.165) is 18.8 Å². The van der Waals surface area contributed by atoms with Gasteiger partial charge in [0.05, 0.1) is 11.9 Å². The second kappa shape index (κ2) is 6.48. The first-order valence-corrected chi connectivity index (χ1v) is 8.75. The third-order valence-electron chi connectivity index (χ3n) is 4.39. The SMILES string of the molecule is CCn1ncc(N(CC2CCCCN2)C2CC2)c(Br)c1=O. The van der Waals surface area contributed by atoms with Crippen LogP contribution in [0.15, 0.2) is 15.5 Å². The van der Waals surface area contributed by atoms with Crippen molar-refractivity contribution in [3.63, 3.8) is 0 Å². The summed E-state index contributed by atoms with van der Waals surface area (Å²) in [7, 11) is 0. The van der Waals surface area contributed by atoms with Gasteiger partial charge in [0, 0.05) is 25.2 Å². The van der Waals surface area contributed by atoms with Gasteiger partial charge in [-0.2, -0.15) is 5.10 Å². The summed E-state index contributed by atoms with van der Waals surface area (Å²) < 4.78 is 2.15. The molecule has 1 saturated carbocycles. The number of nitrogens with one attached hydrogen (secondary N) is 1. The number of anilines is 1. The summed E-state index contributed by atoms with van der Waals surface area (Å²) in [6.07, 6.45) is 8.08. The van der Waals surface area contributed by atoms with E-state index in [4.69, 9.17) is 0 Å². The molecule has 1 aromatic heterocycles. The van der Waals surface area contributed by atoms with Crippen LogP contribution in [0.4, 0.5) is 5.69 Å². The molecular weight excluding hydrogens is 332 g/mol. The number of halogens is 1. The second-order valence-electron chi connectivity index (χ2n) is 6.00. The zero-order valence-electron chi connectivity index (χ0n) is 12.5. The number of hydrogen-bond acceptors (Lipinski definition) is 4. The Morgan fingerprint density at radius 3 is 2.86 bits per heavy atom. The quantitative estimate of drug-likeness (QED) is 0.879. The maximum absolute atomic E-state index is 12.3. The van der Waals surface area contributed by atoms with Crippen molar-refractivity contribution in [3.05, 3.63) is 21.0 Å². The maximum Gasteiger partial charge on any atom is 0.283 e. The number of aromatic nitrogens is 2. The van der Waals surface area contributed by atoms with E-state index in [1.54, 1.807) is 0 Å². The van der Waals surface area contributed by atoms with E-state index in [1.165, 1.54) is 36.8 Å². The van der Waals surface area contributed by atoms with Gasteiger partial charge in [0.2, 0.25) is 0 Å². The molecule has 2 aliphatic rings. The van der Waals surface area contributed by atoms with Crippen LogP contribution >= 0.6 is 15.9 Å². The maximum atomic E-state index is 12.3. The van der Waals surface area contributed by atoms with Gasteiger partial charge in [-0.25, -0.2) is 4.68 Å². The lowest BCUT2D eigenvalue weighted by molar-refractivity contribution is 0.398. The summed E-state index contributed by atoms with van der Waals surface area (Å²) in [5, 5.41) is 7.89. The lowest BCUT2D eigenvalue weighted by Crippen LogP contribution is -2.45. The van der Waals surface area contributed by atoms with E-state index in [9.17, 15) is 4.79 Å². The Morgan fingerprint density at radius 1 is 1.43 bits per heavy atom. The zero-order valence-corrected chi connectivity index (χ0v) is 14.1. The van der Waals surface area contributed by atoms with Gasteiger partial charge in [0.1, 0.15) is 4.47 Å². The molecule has 2 heterocycles. The molecule has 0 amide bonds. The van der Waals surface area contributed by atoms with Crippen LogP contribution in [-0.4, -0.2) is 35.0 Å². The molecule has 6 heteroatoms. The summed E-state index contributed by atoms with van der Waals surface area (Å²) in [5.41, 5.74) is 0.928. The Morgan fingerprint density at radius 2 is 2.24 bits per heavy atom. The van der Waals surface area contributed by atoms with Crippen molar-refractivity contribution >= 4 is 21.6 Å². The van der Waals surface area contributed by atoms with Crippen molar-refractivity contribution in [1.29, 1.82) is 0 Å². The number of aryl methyl sites for hydroxylation is 1. The first kappa shape index (κ1) is 15.0. The van der Waals surface area contributed by atoms with Gasteiger partial charge in [0.15, 0.2) is 0 Å². The highest BCUT2D eigenvalue weighted by molar-refractivity contribution is 9.10. The summed E-state index contributed by atoms with van der Waals surface area (Å²) in [6.45, 7) is 4.62. The van der Waals surface area contributed by atoms with Gasteiger partial charge in [-0.1, -0.05) is 6.42 Å². The topological polar surface area (TPSA) is 50.2 Å². The minimum absolute atomic E-state index is 0.0303. The third-order valence-corrected chi connectivity index (χ3v) is 5.14. The molecule has 1 aromatic rings. The zero-order chi connectivity index (χ0) is 14.8. The highest BCUT2D eigenvalue weighted by Crippen LogP contribution is 2.34. The first-order valence-electron chi connectivity index (χ1n) is 7.96. The monoisotopic (exact) mass is 354 g/mol. The smallest absolute Gasteiger partial charge is 0.283 e. The van der Waals surface area contributed by atoms with Crippen molar-refractivity contribution in [2.75, 3.05) is 18.0 Å². The van der Waals surface area contributed by atoms with Crippen molar-refractivity contribution in [1.82, 2.24) is 15.1 Å². The number of hydrogen-bond donors (Lipinski definition) is 1. The fourth-order valence-electron chi connectivity index (χ4n) is 3.03. The molecule has 0 aromatic carbocycles. The van der Waals surface area contributed by atoms with E-state index in [-0.39, 0.29) is 5.56 Å². The molecule has 1 aliphatic carbocycles. The van der Waals surface area contributed by atoms with Crippen LogP contribution in [-0.2, 0) is 6.54 Å². The first-order chi connectivity index (χ1) is 10.2. The largest absolute Gasteiger partial charge is 0.365 e. The van der Waals surface area contributed by atoms with Gasteiger partial charge in [-0.05, 0) is 55.1 Å². The van der Waals surface area contributed by atoms with E-state index >= 15 is 0 Å². The molecule has 1 atom stereocenters. The Hall–Kier alpha value is -0.880. The standard InChI is InChI=1S/C15H23BrN4O/c1-2-20-15(21)14(16)13(9-18-20)19(12-6-7-12)10-11-5-3-4-8-17-11/h9,11-12,17H,2-8,10H2,1H3. The molecular formula is C15H23BrN4O. The van der Waals surface area contributed by atoms with E-state index in [0.29, 0.717) is 23.1 Å². The molecule has 116 valence electrons. The molecule has 3 rings (SSSR count). The molecule has 1 N–H and O–H groups in total. The fourth-order valence-corrected chi connectivity index (χ4v) is 3.56. The van der Waals surface area contributed by atoms with Gasteiger partial charge in [0.25, 0.3) is 5.56 Å². The second-order valence-corrected chi connectivity index (χ2v) is 6.79. The molecule has 0 bridgehead atoms. The predicted molar refractivity (Wildman–Crippen MR) is 87.9 cm³/mol. The molecule has 5 nitrogen and oxygen atoms in total. The van der Waals surface area contributed by atoms with Gasteiger partial charge in [-0.3, -0.25) is 4.79 Å². The highest BCUT2D eigenvalue weighted by Gasteiger charge is 2.33. The third kappa shape index (κ3) is 3.31. The Balaban J connectivity index is 1.83. The lowest BCUT2D eigenvalue weighted by Gasteiger charge is -2.32. The van der Waals surface area contributed by atoms with Gasteiger partial charge < -0.3 is 10.2 Å². The fraction of sp³-hybridized carbons (Fsp3) is 0.733. The minimum atomic E-state index is -0.0303. The van der Waals surface area contributed by atoms with Crippen molar-refractivity contribution in [2.24, 2.45) is 0 Å². The van der Waals surface area contributed by atoms with Crippen LogP contribution in [0.25, 0.3) is 0 Å². The minimum Gasteiger partial charge on any atom is -0.365 e. The van der Waals surface area contributed by atoms with Gasteiger partial charge >= 0.3 is 0 Å².